The molecule has 0 aliphatic rings. The van der Waals surface area contributed by atoms with Gasteiger partial charge in [0.05, 0.1) is 10.7 Å². The summed E-state index contributed by atoms with van der Waals surface area (Å²) in [5.74, 6) is 5.81. The molecule has 0 bridgehead atoms. The highest BCUT2D eigenvalue weighted by atomic mass is 35.5. The Balaban J connectivity index is 2.54. The van der Waals surface area contributed by atoms with Crippen molar-refractivity contribution in [2.45, 2.75) is 25.8 Å². The molecule has 0 spiro atoms. The lowest BCUT2D eigenvalue weighted by Crippen LogP contribution is -2.11. The smallest absolute Gasteiger partial charge is 0.0589 e. The lowest BCUT2D eigenvalue weighted by molar-refractivity contribution is 0.648. The maximum Gasteiger partial charge on any atom is 0.0589 e. The number of nitrogens with two attached hydrogens (primary N) is 1. The van der Waals surface area contributed by atoms with E-state index < -0.39 is 0 Å². The van der Waals surface area contributed by atoms with Gasteiger partial charge in [-0.25, -0.2) is 0 Å². The minimum absolute atomic E-state index is 0.0480. The largest absolute Gasteiger partial charge is 0.323 e. The fourth-order valence-corrected chi connectivity index (χ4v) is 1.22. The minimum Gasteiger partial charge on any atom is -0.323 e. The van der Waals surface area contributed by atoms with E-state index in [4.69, 9.17) is 17.3 Å². The number of halogens is 1. The van der Waals surface area contributed by atoms with Crippen LogP contribution >= 0.6 is 11.6 Å². The monoisotopic (exact) mass is 208 g/mol. The Bertz CT molecular complexity index is 335. The van der Waals surface area contributed by atoms with Crippen LogP contribution < -0.4 is 5.73 Å². The zero-order chi connectivity index (χ0) is 10.4. The minimum atomic E-state index is -0.0480. The highest BCUT2D eigenvalue weighted by Gasteiger charge is 2.05. The Morgan fingerprint density at radius 1 is 1.57 bits per heavy atom. The number of hydrogen-bond acceptors (Lipinski definition) is 2. The molecule has 2 nitrogen and oxygen atoms in total. The molecule has 1 aromatic heterocycles. The average Bonchev–Trinajstić information content (AvgIpc) is 2.19. The van der Waals surface area contributed by atoms with Gasteiger partial charge in [-0.2, -0.15) is 0 Å². The Morgan fingerprint density at radius 3 is 2.93 bits per heavy atom. The van der Waals surface area contributed by atoms with E-state index in [9.17, 15) is 0 Å². The normalized spacial score (nSPS) is 11.6. The summed E-state index contributed by atoms with van der Waals surface area (Å²) in [6.45, 7) is 1.83. The molecular weight excluding hydrogens is 196 g/mol. The molecule has 0 aromatic carbocycles. The molecule has 0 aliphatic carbocycles. The number of nitrogens with zero attached hydrogens (tertiary/aromatic N) is 1. The van der Waals surface area contributed by atoms with Crippen LogP contribution in [0.4, 0.5) is 0 Å². The van der Waals surface area contributed by atoms with Gasteiger partial charge in [0.15, 0.2) is 0 Å². The topological polar surface area (TPSA) is 38.9 Å². The first kappa shape index (κ1) is 11.0. The Hall–Kier alpha value is -1.04. The van der Waals surface area contributed by atoms with Crippen molar-refractivity contribution in [3.05, 3.63) is 29.0 Å². The summed E-state index contributed by atoms with van der Waals surface area (Å²) in [6.07, 6.45) is 3.25. The first-order valence-corrected chi connectivity index (χ1v) is 4.88. The van der Waals surface area contributed by atoms with Crippen LogP contribution in [0.2, 0.25) is 5.02 Å². The fraction of sp³-hybridized carbons (Fsp3) is 0.364. The molecule has 14 heavy (non-hydrogen) atoms. The van der Waals surface area contributed by atoms with Gasteiger partial charge in [-0.15, -0.1) is 11.8 Å². The molecule has 0 saturated heterocycles. The van der Waals surface area contributed by atoms with Gasteiger partial charge in [0.2, 0.25) is 0 Å². The first-order chi connectivity index (χ1) is 6.74. The molecule has 2 N–H and O–H groups in total. The van der Waals surface area contributed by atoms with Crippen molar-refractivity contribution in [3.63, 3.8) is 0 Å². The summed E-state index contributed by atoms with van der Waals surface area (Å²) in [5.41, 5.74) is 6.78. The maximum absolute atomic E-state index is 5.91. The third kappa shape index (κ3) is 3.37. The van der Waals surface area contributed by atoms with Crippen LogP contribution in [0.3, 0.4) is 0 Å². The van der Waals surface area contributed by atoms with E-state index in [0.29, 0.717) is 5.02 Å². The van der Waals surface area contributed by atoms with E-state index in [1.54, 1.807) is 12.3 Å². The van der Waals surface area contributed by atoms with Crippen molar-refractivity contribution in [2.75, 3.05) is 0 Å². The predicted octanol–water partition coefficient (Wildman–Crippen LogP) is 2.54. The third-order valence-corrected chi connectivity index (χ3v) is 2.11. The van der Waals surface area contributed by atoms with E-state index in [-0.39, 0.29) is 6.04 Å². The molecule has 0 radical (unpaired) electrons. The summed E-state index contributed by atoms with van der Waals surface area (Å²) < 4.78 is 0. The van der Waals surface area contributed by atoms with Crippen LogP contribution in [0.15, 0.2) is 18.3 Å². The van der Waals surface area contributed by atoms with Crippen molar-refractivity contribution >= 4 is 11.6 Å². The van der Waals surface area contributed by atoms with Crippen LogP contribution in [-0.2, 0) is 0 Å². The van der Waals surface area contributed by atoms with Gasteiger partial charge in [0.1, 0.15) is 0 Å². The van der Waals surface area contributed by atoms with Gasteiger partial charge >= 0.3 is 0 Å². The van der Waals surface area contributed by atoms with Gasteiger partial charge in [0.25, 0.3) is 0 Å². The first-order valence-electron chi connectivity index (χ1n) is 4.50. The van der Waals surface area contributed by atoms with Crippen LogP contribution in [0.5, 0.6) is 0 Å². The molecule has 0 fully saturated rings. The van der Waals surface area contributed by atoms with Crippen LogP contribution in [-0.4, -0.2) is 4.98 Å². The van der Waals surface area contributed by atoms with Gasteiger partial charge in [-0.05, 0) is 25.5 Å². The van der Waals surface area contributed by atoms with Crippen molar-refractivity contribution in [1.29, 1.82) is 0 Å². The predicted molar refractivity (Wildman–Crippen MR) is 58.9 cm³/mol. The average molecular weight is 209 g/mol. The van der Waals surface area contributed by atoms with Gasteiger partial charge in [-0.3, -0.25) is 4.98 Å². The maximum atomic E-state index is 5.91. The molecule has 1 atom stereocenters. The molecule has 0 saturated carbocycles. The highest BCUT2D eigenvalue weighted by molar-refractivity contribution is 6.30. The van der Waals surface area contributed by atoms with Crippen LogP contribution in [0, 0.1) is 11.8 Å². The van der Waals surface area contributed by atoms with Crippen molar-refractivity contribution < 1.29 is 0 Å². The van der Waals surface area contributed by atoms with E-state index in [1.165, 1.54) is 0 Å². The quantitative estimate of drug-likeness (QED) is 0.776. The third-order valence-electron chi connectivity index (χ3n) is 1.89. The number of pyridine rings is 1. The molecule has 1 aromatic rings. The highest BCUT2D eigenvalue weighted by Crippen LogP contribution is 2.14. The second-order valence-electron chi connectivity index (χ2n) is 2.97. The molecule has 1 rings (SSSR count). The number of aromatic nitrogens is 1. The van der Waals surface area contributed by atoms with Gasteiger partial charge in [-0.1, -0.05) is 11.6 Å². The van der Waals surface area contributed by atoms with Crippen LogP contribution in [0.1, 0.15) is 31.5 Å². The molecule has 0 aliphatic heterocycles. The number of rotatable bonds is 3. The summed E-state index contributed by atoms with van der Waals surface area (Å²) in [5, 5.41) is 0.634. The van der Waals surface area contributed by atoms with Crippen molar-refractivity contribution in [1.82, 2.24) is 4.98 Å². The lowest BCUT2D eigenvalue weighted by atomic mass is 10.1. The van der Waals surface area contributed by atoms with E-state index >= 15 is 0 Å². The second-order valence-corrected chi connectivity index (χ2v) is 3.41. The molecule has 74 valence electrons. The molecular formula is C11H13ClN2. The summed E-state index contributed by atoms with van der Waals surface area (Å²) in [4.78, 5) is 4.15. The molecule has 3 heteroatoms. The zero-order valence-electron chi connectivity index (χ0n) is 8.13. The SMILES string of the molecule is CC#CCCC(N)c1ccc(Cl)cn1. The summed E-state index contributed by atoms with van der Waals surface area (Å²) in [6, 6.07) is 3.61. The van der Waals surface area contributed by atoms with Gasteiger partial charge in [0, 0.05) is 18.7 Å². The van der Waals surface area contributed by atoms with Crippen LogP contribution in [0.25, 0.3) is 0 Å². The Labute approximate surface area is 89.5 Å². The number of hydrogen-bond donors (Lipinski definition) is 1. The summed E-state index contributed by atoms with van der Waals surface area (Å²) >= 11 is 5.72. The van der Waals surface area contributed by atoms with E-state index in [1.807, 2.05) is 13.0 Å². The Kier molecular flexibility index (Phi) is 4.45. The molecule has 0 amide bonds. The molecule has 1 heterocycles. The lowest BCUT2D eigenvalue weighted by Gasteiger charge is -2.08. The summed E-state index contributed by atoms with van der Waals surface area (Å²) in [7, 11) is 0. The second kappa shape index (κ2) is 5.64. The van der Waals surface area contributed by atoms with E-state index in [2.05, 4.69) is 16.8 Å². The fourth-order valence-electron chi connectivity index (χ4n) is 1.11. The van der Waals surface area contributed by atoms with Crippen molar-refractivity contribution in [2.24, 2.45) is 5.73 Å². The van der Waals surface area contributed by atoms with E-state index in [0.717, 1.165) is 18.5 Å². The molecule has 1 unspecified atom stereocenters. The van der Waals surface area contributed by atoms with Crippen molar-refractivity contribution in [3.8, 4) is 11.8 Å². The zero-order valence-corrected chi connectivity index (χ0v) is 8.88. The van der Waals surface area contributed by atoms with Gasteiger partial charge < -0.3 is 5.73 Å². The standard InChI is InChI=1S/C11H13ClN2/c1-2-3-4-5-10(13)11-7-6-9(12)8-14-11/h6-8,10H,4-5,13H2,1H3. The Morgan fingerprint density at radius 2 is 2.36 bits per heavy atom.